The van der Waals surface area contributed by atoms with E-state index in [9.17, 15) is 5.11 Å². The fraction of sp³-hybridized carbons (Fsp3) is 0.750. The van der Waals surface area contributed by atoms with Crippen molar-refractivity contribution in [3.8, 4) is 0 Å². The maximum Gasteiger partial charge on any atom is 0.131 e. The number of rotatable bonds is 3. The van der Waals surface area contributed by atoms with Crippen molar-refractivity contribution in [2.75, 3.05) is 24.6 Å². The monoisotopic (exact) mass is 254 g/mol. The Morgan fingerprint density at radius 3 is 2.83 bits per heavy atom. The summed E-state index contributed by atoms with van der Waals surface area (Å²) in [5, 5.41) is 13.7. The Morgan fingerprint density at radius 2 is 2.22 bits per heavy atom. The van der Waals surface area contributed by atoms with Crippen molar-refractivity contribution in [1.82, 2.24) is 9.78 Å². The van der Waals surface area contributed by atoms with E-state index in [-0.39, 0.29) is 18.8 Å². The Morgan fingerprint density at radius 1 is 1.50 bits per heavy atom. The van der Waals surface area contributed by atoms with Crippen molar-refractivity contribution in [2.24, 2.45) is 12.8 Å². The number of morpholine rings is 1. The Labute approximate surface area is 107 Å². The molecule has 1 saturated heterocycles. The summed E-state index contributed by atoms with van der Waals surface area (Å²) >= 11 is 0. The molecule has 1 aromatic rings. The first-order valence-electron chi connectivity index (χ1n) is 6.30. The van der Waals surface area contributed by atoms with Gasteiger partial charge in [0.15, 0.2) is 0 Å². The number of hydrogen-bond acceptors (Lipinski definition) is 5. The summed E-state index contributed by atoms with van der Waals surface area (Å²) in [5.74, 6) is 1.05. The molecule has 18 heavy (non-hydrogen) atoms. The molecule has 6 heteroatoms. The van der Waals surface area contributed by atoms with Crippen LogP contribution in [0.15, 0.2) is 0 Å². The first-order chi connectivity index (χ1) is 8.56. The second-order valence-corrected chi connectivity index (χ2v) is 4.87. The third-order valence-corrected chi connectivity index (χ3v) is 3.35. The van der Waals surface area contributed by atoms with Crippen molar-refractivity contribution >= 4 is 5.82 Å². The molecule has 2 heterocycles. The molecule has 1 aliphatic heterocycles. The molecule has 0 amide bonds. The highest BCUT2D eigenvalue weighted by Gasteiger charge is 2.28. The smallest absolute Gasteiger partial charge is 0.131 e. The van der Waals surface area contributed by atoms with Gasteiger partial charge >= 0.3 is 0 Å². The van der Waals surface area contributed by atoms with Gasteiger partial charge in [0.1, 0.15) is 5.82 Å². The van der Waals surface area contributed by atoms with Gasteiger partial charge in [0.25, 0.3) is 0 Å². The number of nitrogens with two attached hydrogens (primary N) is 1. The van der Waals surface area contributed by atoms with Crippen molar-refractivity contribution in [2.45, 2.75) is 32.6 Å². The summed E-state index contributed by atoms with van der Waals surface area (Å²) in [6.45, 7) is 5.97. The summed E-state index contributed by atoms with van der Waals surface area (Å²) in [7, 11) is 1.93. The number of anilines is 1. The maximum absolute atomic E-state index is 9.28. The third-order valence-electron chi connectivity index (χ3n) is 3.35. The minimum atomic E-state index is -0.144. The molecule has 6 nitrogen and oxygen atoms in total. The molecule has 0 radical (unpaired) electrons. The van der Waals surface area contributed by atoms with E-state index < -0.39 is 0 Å². The predicted octanol–water partition coefficient (Wildman–Crippen LogP) is -0.227. The van der Waals surface area contributed by atoms with Crippen LogP contribution in [0.25, 0.3) is 0 Å². The van der Waals surface area contributed by atoms with Crippen molar-refractivity contribution in [1.29, 1.82) is 0 Å². The van der Waals surface area contributed by atoms with Crippen LogP contribution in [-0.2, 0) is 18.3 Å². The molecule has 0 saturated carbocycles. The zero-order chi connectivity index (χ0) is 13.3. The van der Waals surface area contributed by atoms with Gasteiger partial charge in [0, 0.05) is 32.2 Å². The number of aliphatic hydroxyl groups is 1. The molecule has 1 fully saturated rings. The van der Waals surface area contributed by atoms with Gasteiger partial charge in [-0.3, -0.25) is 4.68 Å². The molecule has 2 unspecified atom stereocenters. The summed E-state index contributed by atoms with van der Waals surface area (Å²) in [6.07, 6.45) is -0.0497. The van der Waals surface area contributed by atoms with Crippen LogP contribution in [0.4, 0.5) is 5.82 Å². The average Bonchev–Trinajstić information content (AvgIpc) is 2.62. The number of nitrogens with zero attached hydrogens (tertiary/aromatic N) is 3. The van der Waals surface area contributed by atoms with Crippen LogP contribution < -0.4 is 10.6 Å². The van der Waals surface area contributed by atoms with Gasteiger partial charge in [-0.2, -0.15) is 5.10 Å². The zero-order valence-electron chi connectivity index (χ0n) is 11.3. The SMILES string of the molecule is Cc1nn(C)c(N2CC(C)OC(CO)C2)c1CN. The third kappa shape index (κ3) is 2.36. The molecule has 0 bridgehead atoms. The highest BCUT2D eigenvalue weighted by atomic mass is 16.5. The summed E-state index contributed by atoms with van der Waals surface area (Å²) < 4.78 is 7.52. The van der Waals surface area contributed by atoms with Gasteiger partial charge in [-0.05, 0) is 13.8 Å². The minimum absolute atomic E-state index is 0.0373. The van der Waals surface area contributed by atoms with Crippen LogP contribution in [0.3, 0.4) is 0 Å². The quantitative estimate of drug-likeness (QED) is 0.779. The maximum atomic E-state index is 9.28. The Kier molecular flexibility index (Phi) is 3.89. The second-order valence-electron chi connectivity index (χ2n) is 4.87. The molecule has 0 aromatic carbocycles. The van der Waals surface area contributed by atoms with Gasteiger partial charge in [0.2, 0.25) is 0 Å². The normalized spacial score (nSPS) is 24.6. The standard InChI is InChI=1S/C12H22N4O2/c1-8-5-16(6-10(7-17)18-8)12-11(4-13)9(2)14-15(12)3/h8,10,17H,4-7,13H2,1-3H3. The highest BCUT2D eigenvalue weighted by Crippen LogP contribution is 2.25. The van der Waals surface area contributed by atoms with Crippen molar-refractivity contribution in [3.05, 3.63) is 11.3 Å². The lowest BCUT2D eigenvalue weighted by molar-refractivity contribution is -0.0424. The molecule has 2 rings (SSSR count). The molecule has 0 spiro atoms. The number of ether oxygens (including phenoxy) is 1. The topological polar surface area (TPSA) is 76.5 Å². The van der Waals surface area contributed by atoms with Gasteiger partial charge in [-0.1, -0.05) is 0 Å². The van der Waals surface area contributed by atoms with E-state index in [1.807, 2.05) is 25.6 Å². The van der Waals surface area contributed by atoms with E-state index in [0.717, 1.165) is 23.6 Å². The van der Waals surface area contributed by atoms with E-state index in [4.69, 9.17) is 10.5 Å². The van der Waals surface area contributed by atoms with E-state index in [1.54, 1.807) is 0 Å². The van der Waals surface area contributed by atoms with Crippen LogP contribution in [0.1, 0.15) is 18.2 Å². The molecule has 2 atom stereocenters. The fourth-order valence-electron chi connectivity index (χ4n) is 2.64. The lowest BCUT2D eigenvalue weighted by atomic mass is 10.1. The molecule has 3 N–H and O–H groups in total. The van der Waals surface area contributed by atoms with Crippen molar-refractivity contribution in [3.63, 3.8) is 0 Å². The van der Waals surface area contributed by atoms with Crippen LogP contribution in [0, 0.1) is 6.92 Å². The molecule has 0 aliphatic carbocycles. The number of aromatic nitrogens is 2. The van der Waals surface area contributed by atoms with Crippen LogP contribution in [-0.4, -0.2) is 46.8 Å². The van der Waals surface area contributed by atoms with E-state index in [0.29, 0.717) is 13.1 Å². The Hall–Kier alpha value is -1.11. The van der Waals surface area contributed by atoms with E-state index >= 15 is 0 Å². The minimum Gasteiger partial charge on any atom is -0.394 e. The van der Waals surface area contributed by atoms with Crippen LogP contribution in [0.2, 0.25) is 0 Å². The summed E-state index contributed by atoms with van der Waals surface area (Å²) in [4.78, 5) is 2.21. The zero-order valence-corrected chi connectivity index (χ0v) is 11.3. The van der Waals surface area contributed by atoms with Crippen molar-refractivity contribution < 1.29 is 9.84 Å². The summed E-state index contributed by atoms with van der Waals surface area (Å²) in [5.41, 5.74) is 7.85. The highest BCUT2D eigenvalue weighted by molar-refractivity contribution is 5.50. The van der Waals surface area contributed by atoms with Gasteiger partial charge in [-0.25, -0.2) is 0 Å². The average molecular weight is 254 g/mol. The number of aryl methyl sites for hydroxylation is 2. The van der Waals surface area contributed by atoms with E-state index in [1.165, 1.54) is 0 Å². The lowest BCUT2D eigenvalue weighted by Gasteiger charge is -2.37. The Balaban J connectivity index is 2.30. The van der Waals surface area contributed by atoms with Crippen LogP contribution in [0.5, 0.6) is 0 Å². The molecular formula is C12H22N4O2. The van der Waals surface area contributed by atoms with Crippen LogP contribution >= 0.6 is 0 Å². The largest absolute Gasteiger partial charge is 0.394 e. The fourth-order valence-corrected chi connectivity index (χ4v) is 2.64. The van der Waals surface area contributed by atoms with Gasteiger partial charge in [-0.15, -0.1) is 0 Å². The van der Waals surface area contributed by atoms with Gasteiger partial charge in [0.05, 0.1) is 24.5 Å². The molecule has 1 aliphatic rings. The van der Waals surface area contributed by atoms with E-state index in [2.05, 4.69) is 10.00 Å². The second kappa shape index (κ2) is 5.26. The Bertz CT molecular complexity index is 418. The molecular weight excluding hydrogens is 232 g/mol. The lowest BCUT2D eigenvalue weighted by Crippen LogP contribution is -2.49. The van der Waals surface area contributed by atoms with Gasteiger partial charge < -0.3 is 20.5 Å². The molecule has 1 aromatic heterocycles. The number of hydrogen-bond donors (Lipinski definition) is 2. The first-order valence-corrected chi connectivity index (χ1v) is 6.30. The first kappa shape index (κ1) is 13.3. The molecule has 102 valence electrons. The summed E-state index contributed by atoms with van der Waals surface area (Å²) in [6, 6.07) is 0. The number of aliphatic hydroxyl groups excluding tert-OH is 1. The predicted molar refractivity (Wildman–Crippen MR) is 69.5 cm³/mol.